The summed E-state index contributed by atoms with van der Waals surface area (Å²) >= 11 is 0. The zero-order chi connectivity index (χ0) is 38.5. The van der Waals surface area contributed by atoms with Crippen LogP contribution in [-0.4, -0.2) is 14.5 Å². The van der Waals surface area contributed by atoms with Crippen LogP contribution in [0.3, 0.4) is 0 Å². The summed E-state index contributed by atoms with van der Waals surface area (Å²) in [6.45, 7) is 0. The molecule has 5 aromatic carbocycles. The van der Waals surface area contributed by atoms with Crippen molar-refractivity contribution in [3.8, 4) is 39.6 Å². The Morgan fingerprint density at radius 2 is 0.951 bits per heavy atom. The first-order valence-corrected chi connectivity index (χ1v) is 12.8. The maximum Gasteiger partial charge on any atom is 0.0876 e. The molecule has 3 heterocycles. The van der Waals surface area contributed by atoms with Crippen LogP contribution in [-0.2, 0) is 0 Å². The van der Waals surface area contributed by atoms with E-state index in [4.69, 9.17) is 17.8 Å². The van der Waals surface area contributed by atoms with E-state index in [2.05, 4.69) is 9.97 Å². The van der Waals surface area contributed by atoms with E-state index in [9.17, 15) is 0 Å². The highest BCUT2D eigenvalue weighted by atomic mass is 15.0. The van der Waals surface area contributed by atoms with Crippen LogP contribution in [0.2, 0.25) is 0 Å². The van der Waals surface area contributed by atoms with Gasteiger partial charge in [0.25, 0.3) is 0 Å². The molecule has 0 saturated carbocycles. The average Bonchev–Trinajstić information content (AvgIpc) is 3.54. The summed E-state index contributed by atoms with van der Waals surface area (Å²) in [5.41, 5.74) is 0.731. The van der Waals surface area contributed by atoms with Crippen molar-refractivity contribution in [2.24, 2.45) is 0 Å². The number of pyridine rings is 2. The second-order valence-corrected chi connectivity index (χ2v) is 9.32. The molecule has 0 N–H and O–H groups in total. The van der Waals surface area contributed by atoms with Gasteiger partial charge in [-0.25, -0.2) is 0 Å². The van der Waals surface area contributed by atoms with Crippen molar-refractivity contribution in [2.75, 3.05) is 0 Å². The van der Waals surface area contributed by atoms with Gasteiger partial charge in [0.2, 0.25) is 0 Å². The van der Waals surface area contributed by atoms with Gasteiger partial charge >= 0.3 is 0 Å². The second kappa shape index (κ2) is 9.58. The Bertz CT molecular complexity index is 2750. The van der Waals surface area contributed by atoms with Gasteiger partial charge < -0.3 is 4.57 Å². The van der Waals surface area contributed by atoms with Crippen molar-refractivity contribution < 1.29 is 17.8 Å². The fourth-order valence-electron chi connectivity index (χ4n) is 5.53. The fraction of sp³-hybridized carbons (Fsp3) is 0. The van der Waals surface area contributed by atoms with Gasteiger partial charge in [-0.1, -0.05) is 103 Å². The van der Waals surface area contributed by atoms with Crippen molar-refractivity contribution in [1.29, 1.82) is 0 Å². The lowest BCUT2D eigenvalue weighted by Crippen LogP contribution is -2.01. The molecule has 0 bridgehead atoms. The second-order valence-electron chi connectivity index (χ2n) is 9.32. The average molecular weight is 537 g/mol. The van der Waals surface area contributed by atoms with Gasteiger partial charge in [-0.3, -0.25) is 9.97 Å². The summed E-state index contributed by atoms with van der Waals surface area (Å²) in [6.07, 6.45) is -1.09. The molecule has 41 heavy (non-hydrogen) atoms. The Hall–Kier alpha value is -5.54. The topological polar surface area (TPSA) is 30.7 Å². The minimum atomic E-state index is -0.546. The lowest BCUT2D eigenvalue weighted by molar-refractivity contribution is 1.07. The van der Waals surface area contributed by atoms with Crippen LogP contribution in [0.5, 0.6) is 0 Å². The summed E-state index contributed by atoms with van der Waals surface area (Å²) in [4.78, 5) is 8.78. The number of benzene rings is 5. The molecule has 0 aliphatic rings. The van der Waals surface area contributed by atoms with Crippen LogP contribution < -0.4 is 0 Å². The van der Waals surface area contributed by atoms with Crippen LogP contribution in [0.1, 0.15) is 17.8 Å². The van der Waals surface area contributed by atoms with Crippen LogP contribution in [0, 0.1) is 0 Å². The molecule has 0 amide bonds. The Morgan fingerprint density at radius 1 is 0.463 bits per heavy atom. The van der Waals surface area contributed by atoms with E-state index in [-0.39, 0.29) is 28.3 Å². The summed E-state index contributed by atoms with van der Waals surface area (Å²) in [6, 6.07) is 15.9. The van der Waals surface area contributed by atoms with E-state index < -0.39 is 78.8 Å². The predicted molar refractivity (Wildman–Crippen MR) is 170 cm³/mol. The normalized spacial score (nSPS) is 15.9. The molecular weight excluding hydrogens is 498 g/mol. The van der Waals surface area contributed by atoms with Gasteiger partial charge in [0, 0.05) is 28.8 Å². The molecule has 3 nitrogen and oxygen atoms in total. The standard InChI is InChI=1S/C38H25N3/c1-2-12-26(13-3-1)27-20-22-28(23-21-27)41-37(33-18-8-10-24-39-33)35-31-16-6-4-14-29(31)30-15-5-7-17-32(30)36(35)38(41)34-19-9-11-25-40-34/h1-25H/i1D,2D,3D,8D,9D,10D,11D,12D,13D,18D,19D,24D,25D. The van der Waals surface area contributed by atoms with Gasteiger partial charge in [0.1, 0.15) is 0 Å². The Labute approximate surface area is 256 Å². The summed E-state index contributed by atoms with van der Waals surface area (Å²) in [7, 11) is 0. The van der Waals surface area contributed by atoms with Crippen LogP contribution in [0.4, 0.5) is 0 Å². The molecule has 0 radical (unpaired) electrons. The van der Waals surface area contributed by atoms with E-state index in [1.54, 1.807) is 28.8 Å². The minimum absolute atomic E-state index is 0.0275. The molecule has 8 rings (SSSR count). The monoisotopic (exact) mass is 536 g/mol. The van der Waals surface area contributed by atoms with Gasteiger partial charge in [-0.05, 0) is 69.0 Å². The van der Waals surface area contributed by atoms with Gasteiger partial charge in [-0.2, -0.15) is 0 Å². The quantitative estimate of drug-likeness (QED) is 0.210. The van der Waals surface area contributed by atoms with Crippen molar-refractivity contribution in [2.45, 2.75) is 0 Å². The number of fused-ring (bicyclic) bond motifs is 6. The number of hydrogen-bond acceptors (Lipinski definition) is 2. The molecule has 192 valence electrons. The molecular formula is C38H25N3. The maximum absolute atomic E-state index is 9.08. The van der Waals surface area contributed by atoms with E-state index in [1.165, 1.54) is 0 Å². The molecule has 0 saturated heterocycles. The molecule has 0 fully saturated rings. The lowest BCUT2D eigenvalue weighted by Gasteiger charge is -2.15. The lowest BCUT2D eigenvalue weighted by atomic mass is 9.93. The van der Waals surface area contributed by atoms with Crippen molar-refractivity contribution in [3.05, 3.63) is 152 Å². The van der Waals surface area contributed by atoms with Crippen LogP contribution in [0.15, 0.2) is 152 Å². The van der Waals surface area contributed by atoms with Crippen LogP contribution >= 0.6 is 0 Å². The van der Waals surface area contributed by atoms with Gasteiger partial charge in [-0.15, -0.1) is 0 Å². The van der Waals surface area contributed by atoms with Crippen molar-refractivity contribution >= 4 is 32.3 Å². The van der Waals surface area contributed by atoms with Gasteiger partial charge in [0.05, 0.1) is 40.6 Å². The first-order valence-electron chi connectivity index (χ1n) is 19.3. The zero-order valence-corrected chi connectivity index (χ0v) is 21.3. The van der Waals surface area contributed by atoms with Crippen molar-refractivity contribution in [1.82, 2.24) is 14.5 Å². The SMILES string of the molecule is [2H]c1nc(-c2c3c4ccccc4c4ccccc4c3c(-c3nc([2H])c([2H])c([2H])c3[2H])n2-c2ccc(-c3c([2H])c([2H])c([2H])c([2H])c3[2H])cc2)c([2H])c([2H])c1[2H]. The summed E-state index contributed by atoms with van der Waals surface area (Å²) < 4.78 is 112. The van der Waals surface area contributed by atoms with Crippen LogP contribution in [0.25, 0.3) is 71.9 Å². The third-order valence-electron chi connectivity index (χ3n) is 7.15. The summed E-state index contributed by atoms with van der Waals surface area (Å²) in [5, 5.41) is 3.94. The first kappa shape index (κ1) is 13.7. The molecule has 8 aromatic rings. The number of nitrogens with zero attached hydrogens (tertiary/aromatic N) is 3. The molecule has 3 heteroatoms. The maximum atomic E-state index is 9.08. The van der Waals surface area contributed by atoms with E-state index in [0.29, 0.717) is 32.8 Å². The molecule has 0 aliphatic carbocycles. The highest BCUT2D eigenvalue weighted by molar-refractivity contribution is 6.31. The molecule has 0 unspecified atom stereocenters. The Balaban J connectivity index is 1.62. The number of hydrogen-bond donors (Lipinski definition) is 0. The highest BCUT2D eigenvalue weighted by Crippen LogP contribution is 2.47. The minimum Gasteiger partial charge on any atom is -0.305 e. The van der Waals surface area contributed by atoms with E-state index in [0.717, 1.165) is 10.8 Å². The molecule has 0 spiro atoms. The van der Waals surface area contributed by atoms with E-state index in [1.807, 2.05) is 48.5 Å². The highest BCUT2D eigenvalue weighted by Gasteiger charge is 2.26. The largest absolute Gasteiger partial charge is 0.305 e. The fourth-order valence-corrected chi connectivity index (χ4v) is 5.53. The smallest absolute Gasteiger partial charge is 0.0876 e. The molecule has 0 aliphatic heterocycles. The number of aromatic nitrogens is 3. The van der Waals surface area contributed by atoms with Crippen molar-refractivity contribution in [3.63, 3.8) is 0 Å². The van der Waals surface area contributed by atoms with Gasteiger partial charge in [0.15, 0.2) is 0 Å². The third-order valence-corrected chi connectivity index (χ3v) is 7.15. The predicted octanol–water partition coefficient (Wildman–Crippen LogP) is 9.73. The first-order chi connectivity index (χ1) is 25.7. The Kier molecular flexibility index (Phi) is 3.20. The zero-order valence-electron chi connectivity index (χ0n) is 34.3. The third kappa shape index (κ3) is 3.75. The number of rotatable bonds is 4. The molecule has 0 atom stereocenters. The molecule has 3 aromatic heterocycles. The Morgan fingerprint density at radius 3 is 1.49 bits per heavy atom. The van der Waals surface area contributed by atoms with E-state index >= 15 is 0 Å². The summed E-state index contributed by atoms with van der Waals surface area (Å²) in [5.74, 6) is 0.